The number of aromatic hydroxyl groups is 1. The summed E-state index contributed by atoms with van der Waals surface area (Å²) in [7, 11) is 0. The number of phenolic OH excluding ortho intramolecular Hbond substituents is 1. The van der Waals surface area contributed by atoms with E-state index in [2.05, 4.69) is 0 Å². The van der Waals surface area contributed by atoms with E-state index in [1.165, 1.54) is 13.8 Å². The Morgan fingerprint density at radius 2 is 1.56 bits per heavy atom. The molecule has 1 atom stereocenters. The number of phenols is 1. The fourth-order valence-electron chi connectivity index (χ4n) is 4.39. The Balaban J connectivity index is 2.16. The summed E-state index contributed by atoms with van der Waals surface area (Å²) in [5, 5.41) is 19.7. The third kappa shape index (κ3) is 9.31. The molecule has 214 valence electrons. The van der Waals surface area contributed by atoms with Crippen molar-refractivity contribution in [2.24, 2.45) is 0 Å². The van der Waals surface area contributed by atoms with Crippen LogP contribution < -0.4 is 9.47 Å². The van der Waals surface area contributed by atoms with E-state index in [9.17, 15) is 19.5 Å². The van der Waals surface area contributed by atoms with Crippen LogP contribution >= 0.6 is 11.8 Å². The van der Waals surface area contributed by atoms with Crippen LogP contribution in [-0.2, 0) is 17.6 Å². The smallest absolute Gasteiger partial charge is 0.303 e. The lowest BCUT2D eigenvalue weighted by molar-refractivity contribution is -0.137. The van der Waals surface area contributed by atoms with Gasteiger partial charge in [-0.2, -0.15) is 0 Å². The second-order valence-electron chi connectivity index (χ2n) is 9.60. The van der Waals surface area contributed by atoms with E-state index in [1.807, 2.05) is 32.9 Å². The zero-order valence-corrected chi connectivity index (χ0v) is 24.6. The summed E-state index contributed by atoms with van der Waals surface area (Å²) in [6, 6.07) is 7.13. The van der Waals surface area contributed by atoms with Crippen LogP contribution in [0.3, 0.4) is 0 Å². The molecular weight excluding hydrogens is 516 g/mol. The topological polar surface area (TPSA) is 110 Å². The van der Waals surface area contributed by atoms with E-state index in [0.717, 1.165) is 41.0 Å². The first-order chi connectivity index (χ1) is 18.6. The van der Waals surface area contributed by atoms with Gasteiger partial charge in [0.1, 0.15) is 17.2 Å². The normalized spacial score (nSPS) is 11.7. The Morgan fingerprint density at radius 3 is 2.15 bits per heavy atom. The zero-order valence-electron chi connectivity index (χ0n) is 23.8. The van der Waals surface area contributed by atoms with Gasteiger partial charge < -0.3 is 19.7 Å². The maximum absolute atomic E-state index is 12.4. The van der Waals surface area contributed by atoms with Crippen molar-refractivity contribution in [1.82, 2.24) is 0 Å². The molecule has 0 saturated carbocycles. The quantitative estimate of drug-likeness (QED) is 0.112. The Kier molecular flexibility index (Phi) is 13.4. The van der Waals surface area contributed by atoms with Crippen molar-refractivity contribution in [3.05, 3.63) is 46.5 Å². The molecule has 7 nitrogen and oxygen atoms in total. The number of aliphatic carboxylic acids is 1. The maximum atomic E-state index is 12.4. The summed E-state index contributed by atoms with van der Waals surface area (Å²) in [6.45, 7) is 9.45. The summed E-state index contributed by atoms with van der Waals surface area (Å²) >= 11 is 1.63. The number of benzene rings is 2. The van der Waals surface area contributed by atoms with Crippen LogP contribution in [-0.4, -0.2) is 46.2 Å². The second-order valence-corrected chi connectivity index (χ2v) is 10.7. The van der Waals surface area contributed by atoms with Crippen molar-refractivity contribution in [3.8, 4) is 17.2 Å². The number of Topliss-reactive ketones (excluding diaryl/α,β-unsaturated/α-hetero) is 2. The van der Waals surface area contributed by atoms with Gasteiger partial charge in [0.15, 0.2) is 11.6 Å². The van der Waals surface area contributed by atoms with E-state index in [4.69, 9.17) is 14.6 Å². The minimum absolute atomic E-state index is 0.000103. The lowest BCUT2D eigenvalue weighted by atomic mass is 10.0. The van der Waals surface area contributed by atoms with Crippen molar-refractivity contribution < 1.29 is 34.1 Å². The predicted octanol–water partition coefficient (Wildman–Crippen LogP) is 7.29. The molecule has 0 aliphatic carbocycles. The molecule has 0 aromatic heterocycles. The van der Waals surface area contributed by atoms with Crippen LogP contribution in [0.2, 0.25) is 0 Å². The number of rotatable bonds is 18. The molecule has 2 aromatic rings. The summed E-state index contributed by atoms with van der Waals surface area (Å²) in [6.07, 6.45) is 4.47. The molecule has 2 rings (SSSR count). The van der Waals surface area contributed by atoms with E-state index in [1.54, 1.807) is 23.9 Å². The van der Waals surface area contributed by atoms with Gasteiger partial charge in [-0.3, -0.25) is 14.4 Å². The van der Waals surface area contributed by atoms with Crippen LogP contribution in [0.5, 0.6) is 17.2 Å². The van der Waals surface area contributed by atoms with Crippen LogP contribution in [0.1, 0.15) is 105 Å². The highest BCUT2D eigenvalue weighted by Gasteiger charge is 2.22. The predicted molar refractivity (Wildman–Crippen MR) is 155 cm³/mol. The van der Waals surface area contributed by atoms with E-state index in [-0.39, 0.29) is 29.8 Å². The highest BCUT2D eigenvalue weighted by molar-refractivity contribution is 7.99. The molecule has 0 heterocycles. The van der Waals surface area contributed by atoms with Crippen molar-refractivity contribution in [2.45, 2.75) is 97.0 Å². The molecule has 2 N–H and O–H groups in total. The third-order valence-electron chi connectivity index (χ3n) is 6.44. The Morgan fingerprint density at radius 1 is 0.923 bits per heavy atom. The first kappa shape index (κ1) is 32.2. The molecule has 0 aliphatic heterocycles. The molecule has 0 saturated heterocycles. The van der Waals surface area contributed by atoms with Crippen LogP contribution in [0, 0.1) is 0 Å². The molecule has 0 fully saturated rings. The van der Waals surface area contributed by atoms with Crippen molar-refractivity contribution in [2.75, 3.05) is 12.4 Å². The zero-order chi connectivity index (χ0) is 28.9. The van der Waals surface area contributed by atoms with Crippen molar-refractivity contribution >= 4 is 29.3 Å². The lowest BCUT2D eigenvalue weighted by Gasteiger charge is -2.23. The average Bonchev–Trinajstić information content (AvgIpc) is 2.88. The highest BCUT2D eigenvalue weighted by Crippen LogP contribution is 2.37. The first-order valence-corrected chi connectivity index (χ1v) is 14.8. The number of carbonyl (C=O) groups excluding carboxylic acids is 2. The largest absolute Gasteiger partial charge is 0.507 e. The standard InChI is InChI=1S/C31H42O7S/c1-6-10-25-27(15-13-24(21(5)33)31(25)38-22(8-3)12-17-29(34)35)37-18-9-19-39-28-16-14-23(20(4)32)30(36)26(28)11-7-2/h13-16,22,36H,6-12,17-19H2,1-5H3,(H,34,35). The highest BCUT2D eigenvalue weighted by atomic mass is 32.2. The van der Waals surface area contributed by atoms with Gasteiger partial charge >= 0.3 is 5.97 Å². The number of hydrogen-bond donors (Lipinski definition) is 2. The molecule has 0 bridgehead atoms. The molecule has 1 unspecified atom stereocenters. The van der Waals surface area contributed by atoms with Crippen LogP contribution in [0.25, 0.3) is 0 Å². The van der Waals surface area contributed by atoms with Gasteiger partial charge in [-0.1, -0.05) is 33.6 Å². The van der Waals surface area contributed by atoms with E-state index >= 15 is 0 Å². The van der Waals surface area contributed by atoms with Gasteiger partial charge in [0.2, 0.25) is 0 Å². The third-order valence-corrected chi connectivity index (χ3v) is 7.63. The molecule has 8 heteroatoms. The summed E-state index contributed by atoms with van der Waals surface area (Å²) in [5.41, 5.74) is 2.49. The number of carboxylic acid groups (broad SMARTS) is 1. The number of ether oxygens (including phenoxy) is 2. The minimum atomic E-state index is -0.876. The molecule has 39 heavy (non-hydrogen) atoms. The number of hydrogen-bond acceptors (Lipinski definition) is 7. The number of carboxylic acids is 1. The maximum Gasteiger partial charge on any atom is 0.303 e. The monoisotopic (exact) mass is 558 g/mol. The summed E-state index contributed by atoms with van der Waals surface area (Å²) in [4.78, 5) is 36.3. The van der Waals surface area contributed by atoms with Crippen molar-refractivity contribution in [1.29, 1.82) is 0 Å². The number of carbonyl (C=O) groups is 3. The second kappa shape index (κ2) is 16.2. The van der Waals surface area contributed by atoms with Crippen molar-refractivity contribution in [3.63, 3.8) is 0 Å². The molecule has 0 amide bonds. The van der Waals surface area contributed by atoms with E-state index in [0.29, 0.717) is 54.9 Å². The van der Waals surface area contributed by atoms with Crippen LogP contribution in [0.4, 0.5) is 0 Å². The molecule has 0 aliphatic rings. The average molecular weight is 559 g/mol. The Labute approximate surface area is 236 Å². The summed E-state index contributed by atoms with van der Waals surface area (Å²) in [5.74, 6) is 0.884. The van der Waals surface area contributed by atoms with Crippen LogP contribution in [0.15, 0.2) is 29.2 Å². The van der Waals surface area contributed by atoms with Gasteiger partial charge in [0.05, 0.1) is 23.8 Å². The van der Waals surface area contributed by atoms with Gasteiger partial charge in [0, 0.05) is 28.2 Å². The Bertz CT molecular complexity index is 1140. The fraction of sp³-hybridized carbons (Fsp3) is 0.516. The molecule has 0 radical (unpaired) electrons. The van der Waals surface area contributed by atoms with E-state index < -0.39 is 5.97 Å². The van der Waals surface area contributed by atoms with Gasteiger partial charge in [0.25, 0.3) is 0 Å². The first-order valence-electron chi connectivity index (χ1n) is 13.8. The summed E-state index contributed by atoms with van der Waals surface area (Å²) < 4.78 is 12.4. The molecule has 2 aromatic carbocycles. The molecule has 0 spiro atoms. The van der Waals surface area contributed by atoms with Gasteiger partial charge in [-0.05, 0) is 70.2 Å². The number of thioether (sulfide) groups is 1. The SMILES string of the molecule is CCCc1c(SCCCOc2ccc(C(C)=O)c(OC(CC)CCC(=O)O)c2CCC)ccc(C(C)=O)c1O. The Hall–Kier alpha value is -3.00. The molecular formula is C31H42O7S. The fourth-order valence-corrected chi connectivity index (χ4v) is 5.41. The number of ketones is 2. The van der Waals surface area contributed by atoms with Gasteiger partial charge in [-0.25, -0.2) is 0 Å². The minimum Gasteiger partial charge on any atom is -0.507 e. The van der Waals surface area contributed by atoms with Gasteiger partial charge in [-0.15, -0.1) is 11.8 Å². The lowest BCUT2D eigenvalue weighted by Crippen LogP contribution is -2.19.